The Labute approximate surface area is 172 Å². The Morgan fingerprint density at radius 2 is 1.97 bits per heavy atom. The van der Waals surface area contributed by atoms with E-state index in [0.717, 1.165) is 0 Å². The van der Waals surface area contributed by atoms with Crippen LogP contribution >= 0.6 is 0 Å². The van der Waals surface area contributed by atoms with Crippen molar-refractivity contribution in [3.63, 3.8) is 0 Å². The van der Waals surface area contributed by atoms with Crippen LogP contribution in [0.3, 0.4) is 0 Å². The number of benzene rings is 1. The van der Waals surface area contributed by atoms with Gasteiger partial charge in [0.1, 0.15) is 17.1 Å². The highest BCUT2D eigenvalue weighted by molar-refractivity contribution is 5.92. The average molecular weight is 420 g/mol. The maximum Gasteiger partial charge on any atom is 0.393 e. The van der Waals surface area contributed by atoms with Crippen LogP contribution in [0.4, 0.5) is 18.9 Å². The number of carbonyl (C=O) groups is 1. The van der Waals surface area contributed by atoms with Crippen molar-refractivity contribution in [1.82, 2.24) is 20.2 Å². The van der Waals surface area contributed by atoms with Crippen LogP contribution in [0.2, 0.25) is 0 Å². The number of nitriles is 1. The molecule has 1 aromatic heterocycles. The number of anilines is 1. The Hall–Kier alpha value is -2.93. The first-order chi connectivity index (χ1) is 14.2. The van der Waals surface area contributed by atoms with Gasteiger partial charge < -0.3 is 15.1 Å². The number of hydrogen-bond acceptors (Lipinski definition) is 6. The second-order valence-corrected chi connectivity index (χ2v) is 7.69. The number of nitrogens with zero attached hydrogens (tertiary/aromatic N) is 5. The summed E-state index contributed by atoms with van der Waals surface area (Å²) < 4.78 is 40.8. The van der Waals surface area contributed by atoms with Gasteiger partial charge >= 0.3 is 6.18 Å². The molecule has 0 bridgehead atoms. The lowest BCUT2D eigenvalue weighted by Gasteiger charge is -2.40. The van der Waals surface area contributed by atoms with Gasteiger partial charge in [-0.15, -0.1) is 0 Å². The minimum Gasteiger partial charge on any atom is -0.367 e. The molecule has 2 atom stereocenters. The van der Waals surface area contributed by atoms with Crippen LogP contribution in [0.25, 0.3) is 11.0 Å². The largest absolute Gasteiger partial charge is 0.393 e. The third-order valence-corrected chi connectivity index (χ3v) is 5.13. The first kappa shape index (κ1) is 21.8. The second kappa shape index (κ2) is 8.83. The van der Waals surface area contributed by atoms with Crippen LogP contribution in [0.15, 0.2) is 24.5 Å². The number of halogens is 3. The molecule has 1 saturated heterocycles. The zero-order valence-corrected chi connectivity index (χ0v) is 16.8. The topological polar surface area (TPSA) is 85.2 Å². The summed E-state index contributed by atoms with van der Waals surface area (Å²) >= 11 is 0. The summed E-state index contributed by atoms with van der Waals surface area (Å²) in [5.41, 5.74) is 1.49. The maximum atomic E-state index is 13.6. The smallest absolute Gasteiger partial charge is 0.367 e. The summed E-state index contributed by atoms with van der Waals surface area (Å²) in [5.74, 6) is -1.87. The van der Waals surface area contributed by atoms with E-state index in [9.17, 15) is 23.2 Å². The number of piperidine rings is 1. The van der Waals surface area contributed by atoms with E-state index in [0.29, 0.717) is 28.8 Å². The fourth-order valence-corrected chi connectivity index (χ4v) is 3.65. The molecule has 0 radical (unpaired) electrons. The van der Waals surface area contributed by atoms with Gasteiger partial charge in [0, 0.05) is 44.5 Å². The van der Waals surface area contributed by atoms with Gasteiger partial charge in [-0.2, -0.15) is 18.4 Å². The van der Waals surface area contributed by atoms with E-state index in [1.165, 1.54) is 18.5 Å². The third-order valence-electron chi connectivity index (χ3n) is 5.13. The van der Waals surface area contributed by atoms with E-state index >= 15 is 0 Å². The van der Waals surface area contributed by atoms with Gasteiger partial charge in [0.15, 0.2) is 0 Å². The van der Waals surface area contributed by atoms with Crippen LogP contribution in [0, 0.1) is 17.2 Å². The first-order valence-corrected chi connectivity index (χ1v) is 9.58. The molecule has 30 heavy (non-hydrogen) atoms. The van der Waals surface area contributed by atoms with E-state index in [2.05, 4.69) is 15.3 Å². The highest BCUT2D eigenvalue weighted by Gasteiger charge is 2.45. The molecule has 10 heteroatoms. The molecule has 1 aliphatic heterocycles. The van der Waals surface area contributed by atoms with E-state index in [1.54, 1.807) is 11.0 Å². The number of fused-ring (bicyclic) bond motifs is 1. The normalized spacial score (nSPS) is 19.7. The summed E-state index contributed by atoms with van der Waals surface area (Å²) in [6, 6.07) is 4.51. The maximum absolute atomic E-state index is 13.6. The van der Waals surface area contributed by atoms with Gasteiger partial charge in [-0.1, -0.05) is 0 Å². The first-order valence-electron chi connectivity index (χ1n) is 9.58. The molecule has 1 fully saturated rings. The highest BCUT2D eigenvalue weighted by atomic mass is 19.4. The number of carbonyl (C=O) groups excluding carboxylic acids is 1. The van der Waals surface area contributed by atoms with Gasteiger partial charge in [0.2, 0.25) is 5.91 Å². The summed E-state index contributed by atoms with van der Waals surface area (Å²) in [5, 5.41) is 12.0. The number of aromatic nitrogens is 2. The Bertz CT molecular complexity index is 956. The lowest BCUT2D eigenvalue weighted by molar-refractivity contribution is -0.178. The van der Waals surface area contributed by atoms with E-state index < -0.39 is 18.1 Å². The lowest BCUT2D eigenvalue weighted by Crippen LogP contribution is -2.54. The molecule has 2 heterocycles. The number of rotatable bonds is 5. The van der Waals surface area contributed by atoms with Gasteiger partial charge in [-0.3, -0.25) is 14.8 Å². The fourth-order valence-electron chi connectivity index (χ4n) is 3.65. The van der Waals surface area contributed by atoms with Crippen molar-refractivity contribution >= 4 is 22.6 Å². The molecule has 2 aromatic rings. The van der Waals surface area contributed by atoms with Gasteiger partial charge in [0.25, 0.3) is 0 Å². The van der Waals surface area contributed by atoms with E-state index in [1.807, 2.05) is 25.1 Å². The number of amides is 1. The predicted octanol–water partition coefficient (Wildman–Crippen LogP) is 2.33. The Morgan fingerprint density at radius 3 is 2.60 bits per heavy atom. The molecule has 0 spiro atoms. The SMILES string of the molecule is CN(C)CCC(=O)N[C@@H]1C[C@H](C(F)(F)F)CN(c2ccc(C#N)c3nccnc23)C1. The van der Waals surface area contributed by atoms with Crippen molar-refractivity contribution in [2.75, 3.05) is 38.6 Å². The van der Waals surface area contributed by atoms with Crippen LogP contribution in [-0.2, 0) is 4.79 Å². The number of hydrogen-bond donors (Lipinski definition) is 1. The molecule has 1 aromatic carbocycles. The zero-order chi connectivity index (χ0) is 21.9. The van der Waals surface area contributed by atoms with Crippen molar-refractivity contribution in [1.29, 1.82) is 5.26 Å². The molecular weight excluding hydrogens is 397 g/mol. The Balaban J connectivity index is 1.89. The summed E-state index contributed by atoms with van der Waals surface area (Å²) in [6.07, 6.45) is -1.47. The van der Waals surface area contributed by atoms with Gasteiger partial charge in [-0.05, 0) is 32.6 Å². The average Bonchev–Trinajstić information content (AvgIpc) is 2.70. The van der Waals surface area contributed by atoms with Gasteiger partial charge in [-0.25, -0.2) is 0 Å². The summed E-state index contributed by atoms with van der Waals surface area (Å²) in [4.78, 5) is 24.1. The standard InChI is InChI=1S/C20H23F3N6O/c1-28(2)8-5-17(30)27-15-9-14(20(21,22)23)11-29(12-15)16-4-3-13(10-24)18-19(16)26-7-6-25-18/h3-4,6-7,14-15H,5,8-9,11-12H2,1-2H3,(H,27,30)/t14-,15+/m0/s1. The van der Waals surface area contributed by atoms with Crippen molar-refractivity contribution in [3.8, 4) is 6.07 Å². The van der Waals surface area contributed by atoms with Crippen molar-refractivity contribution in [3.05, 3.63) is 30.1 Å². The van der Waals surface area contributed by atoms with Crippen molar-refractivity contribution in [2.24, 2.45) is 5.92 Å². The van der Waals surface area contributed by atoms with Crippen molar-refractivity contribution < 1.29 is 18.0 Å². The zero-order valence-electron chi connectivity index (χ0n) is 16.8. The minimum atomic E-state index is -4.39. The lowest BCUT2D eigenvalue weighted by atomic mass is 9.92. The van der Waals surface area contributed by atoms with Crippen LogP contribution < -0.4 is 10.2 Å². The second-order valence-electron chi connectivity index (χ2n) is 7.69. The van der Waals surface area contributed by atoms with Crippen molar-refractivity contribution in [2.45, 2.75) is 25.1 Å². The molecule has 0 saturated carbocycles. The van der Waals surface area contributed by atoms with Crippen LogP contribution in [0.1, 0.15) is 18.4 Å². The Kier molecular flexibility index (Phi) is 6.41. The molecule has 1 aliphatic rings. The monoisotopic (exact) mass is 420 g/mol. The fraction of sp³-hybridized carbons (Fsp3) is 0.500. The van der Waals surface area contributed by atoms with Crippen LogP contribution in [-0.4, -0.2) is 66.7 Å². The third kappa shape index (κ3) is 4.97. The molecule has 3 rings (SSSR count). The summed E-state index contributed by atoms with van der Waals surface area (Å²) in [7, 11) is 3.65. The molecular formula is C20H23F3N6O. The Morgan fingerprint density at radius 1 is 1.27 bits per heavy atom. The van der Waals surface area contributed by atoms with E-state index in [-0.39, 0.29) is 31.8 Å². The minimum absolute atomic E-state index is 0.173. The summed E-state index contributed by atoms with van der Waals surface area (Å²) in [6.45, 7) is 0.490. The predicted molar refractivity (Wildman–Crippen MR) is 106 cm³/mol. The van der Waals surface area contributed by atoms with E-state index in [4.69, 9.17) is 0 Å². The molecule has 1 amide bonds. The molecule has 1 N–H and O–H groups in total. The highest BCUT2D eigenvalue weighted by Crippen LogP contribution is 2.36. The van der Waals surface area contributed by atoms with Crippen LogP contribution in [0.5, 0.6) is 0 Å². The molecule has 160 valence electrons. The number of nitrogens with one attached hydrogen (secondary N) is 1. The number of alkyl halides is 3. The molecule has 7 nitrogen and oxygen atoms in total. The quantitative estimate of drug-likeness (QED) is 0.799. The molecule has 0 unspecified atom stereocenters. The van der Waals surface area contributed by atoms with Gasteiger partial charge in [0.05, 0.1) is 17.2 Å². The molecule has 0 aliphatic carbocycles.